The third-order valence-corrected chi connectivity index (χ3v) is 3.84. The summed E-state index contributed by atoms with van der Waals surface area (Å²) in [5.41, 5.74) is 3.39. The predicted octanol–water partition coefficient (Wildman–Crippen LogP) is 3.93. The van der Waals surface area contributed by atoms with Gasteiger partial charge < -0.3 is 15.4 Å². The van der Waals surface area contributed by atoms with Crippen molar-refractivity contribution in [2.75, 3.05) is 17.7 Å². The van der Waals surface area contributed by atoms with Gasteiger partial charge in [0.2, 0.25) is 11.8 Å². The van der Waals surface area contributed by atoms with Crippen LogP contribution in [0.4, 0.5) is 11.4 Å². The van der Waals surface area contributed by atoms with Gasteiger partial charge in [-0.25, -0.2) is 0 Å². The fourth-order valence-corrected chi connectivity index (χ4v) is 2.38. The molecule has 5 nitrogen and oxygen atoms in total. The van der Waals surface area contributed by atoms with E-state index in [2.05, 4.69) is 10.6 Å². The van der Waals surface area contributed by atoms with Crippen molar-refractivity contribution in [1.29, 1.82) is 0 Å². The minimum atomic E-state index is -0.419. The van der Waals surface area contributed by atoms with E-state index in [1.807, 2.05) is 26.0 Å². The lowest BCUT2D eigenvalue weighted by Crippen LogP contribution is -2.21. The highest BCUT2D eigenvalue weighted by Gasteiger charge is 2.11. The maximum absolute atomic E-state index is 12.0. The van der Waals surface area contributed by atoms with Crippen molar-refractivity contribution in [2.24, 2.45) is 0 Å². The third-order valence-electron chi connectivity index (χ3n) is 3.55. The molecule has 0 atom stereocenters. The molecular weight excluding hydrogens is 328 g/mol. The Morgan fingerprint density at radius 3 is 2.08 bits per heavy atom. The van der Waals surface area contributed by atoms with Gasteiger partial charge in [0.1, 0.15) is 12.2 Å². The normalized spacial score (nSPS) is 10.2. The lowest BCUT2D eigenvalue weighted by molar-refractivity contribution is -0.123. The van der Waals surface area contributed by atoms with E-state index in [0.29, 0.717) is 22.1 Å². The number of carbonyl (C=O) groups excluding carboxylic acids is 2. The van der Waals surface area contributed by atoms with Gasteiger partial charge in [0, 0.05) is 11.4 Å². The minimum absolute atomic E-state index is 0.281. The van der Waals surface area contributed by atoms with Crippen LogP contribution in [-0.4, -0.2) is 18.9 Å². The first kappa shape index (κ1) is 17.8. The number of hydrogen-bond acceptors (Lipinski definition) is 3. The number of rotatable bonds is 5. The van der Waals surface area contributed by atoms with Gasteiger partial charge in [0.15, 0.2) is 0 Å². The highest BCUT2D eigenvalue weighted by molar-refractivity contribution is 6.32. The van der Waals surface area contributed by atoms with Gasteiger partial charge in [-0.3, -0.25) is 9.59 Å². The molecule has 0 saturated carbocycles. The maximum Gasteiger partial charge on any atom is 0.233 e. The van der Waals surface area contributed by atoms with Crippen LogP contribution < -0.4 is 15.4 Å². The molecular formula is C18H19ClN2O3. The highest BCUT2D eigenvalue weighted by atomic mass is 35.5. The first-order valence-electron chi connectivity index (χ1n) is 7.39. The van der Waals surface area contributed by atoms with E-state index < -0.39 is 5.91 Å². The van der Waals surface area contributed by atoms with Crippen LogP contribution in [0.1, 0.15) is 17.5 Å². The number of nitrogens with one attached hydrogen (secondary N) is 2. The average molecular weight is 347 g/mol. The van der Waals surface area contributed by atoms with E-state index in [4.69, 9.17) is 16.3 Å². The Morgan fingerprint density at radius 2 is 1.54 bits per heavy atom. The van der Waals surface area contributed by atoms with Crippen LogP contribution in [-0.2, 0) is 9.59 Å². The molecule has 2 amide bonds. The van der Waals surface area contributed by atoms with Gasteiger partial charge in [-0.15, -0.1) is 0 Å². The van der Waals surface area contributed by atoms with Crippen molar-refractivity contribution in [2.45, 2.75) is 20.3 Å². The Kier molecular flexibility index (Phi) is 5.82. The van der Waals surface area contributed by atoms with Crippen LogP contribution in [0.2, 0.25) is 5.02 Å². The molecule has 2 N–H and O–H groups in total. The molecule has 0 saturated heterocycles. The van der Waals surface area contributed by atoms with Gasteiger partial charge >= 0.3 is 0 Å². The monoisotopic (exact) mass is 346 g/mol. The molecule has 24 heavy (non-hydrogen) atoms. The molecule has 0 unspecified atom stereocenters. The van der Waals surface area contributed by atoms with Crippen LogP contribution in [0, 0.1) is 13.8 Å². The molecule has 0 radical (unpaired) electrons. The van der Waals surface area contributed by atoms with Crippen LogP contribution in [0.5, 0.6) is 5.75 Å². The molecule has 126 valence electrons. The second kappa shape index (κ2) is 7.84. The minimum Gasteiger partial charge on any atom is -0.495 e. The van der Waals surface area contributed by atoms with Crippen molar-refractivity contribution in [1.82, 2.24) is 0 Å². The highest BCUT2D eigenvalue weighted by Crippen LogP contribution is 2.27. The molecule has 0 aliphatic heterocycles. The molecule has 2 rings (SSSR count). The maximum atomic E-state index is 12.0. The zero-order valence-electron chi connectivity index (χ0n) is 13.8. The van der Waals surface area contributed by atoms with E-state index in [1.54, 1.807) is 24.3 Å². The summed E-state index contributed by atoms with van der Waals surface area (Å²) in [6.07, 6.45) is -0.281. The molecule has 0 aliphatic carbocycles. The zero-order valence-corrected chi connectivity index (χ0v) is 14.5. The summed E-state index contributed by atoms with van der Waals surface area (Å²) in [4.78, 5) is 23.9. The van der Waals surface area contributed by atoms with E-state index >= 15 is 0 Å². The molecule has 0 aliphatic rings. The predicted molar refractivity (Wildman–Crippen MR) is 95.8 cm³/mol. The molecule has 6 heteroatoms. The van der Waals surface area contributed by atoms with Crippen molar-refractivity contribution >= 4 is 34.8 Å². The quantitative estimate of drug-likeness (QED) is 0.806. The van der Waals surface area contributed by atoms with Crippen LogP contribution in [0.3, 0.4) is 0 Å². The largest absolute Gasteiger partial charge is 0.495 e. The zero-order chi connectivity index (χ0) is 17.7. The average Bonchev–Trinajstić information content (AvgIpc) is 2.51. The fraction of sp³-hybridized carbons (Fsp3) is 0.222. The van der Waals surface area contributed by atoms with Gasteiger partial charge in [-0.2, -0.15) is 0 Å². The Morgan fingerprint density at radius 1 is 0.958 bits per heavy atom. The third kappa shape index (κ3) is 4.73. The topological polar surface area (TPSA) is 67.4 Å². The second-order valence-electron chi connectivity index (χ2n) is 5.42. The molecule has 0 aromatic heterocycles. The smallest absolute Gasteiger partial charge is 0.233 e. The van der Waals surface area contributed by atoms with Gasteiger partial charge in [-0.1, -0.05) is 17.7 Å². The number of carbonyl (C=O) groups is 2. The van der Waals surface area contributed by atoms with Gasteiger partial charge in [0.05, 0.1) is 12.1 Å². The molecule has 0 bridgehead atoms. The lowest BCUT2D eigenvalue weighted by atomic mass is 10.1. The Labute approximate surface area is 146 Å². The SMILES string of the molecule is COc1ccc(NC(=O)CC(=O)Nc2ccc(C)c(C)c2)cc1Cl. The molecule has 0 fully saturated rings. The van der Waals surface area contributed by atoms with Crippen LogP contribution in [0.25, 0.3) is 0 Å². The molecule has 0 heterocycles. The van der Waals surface area contributed by atoms with Crippen molar-refractivity contribution in [3.05, 3.63) is 52.5 Å². The lowest BCUT2D eigenvalue weighted by Gasteiger charge is -2.09. The van der Waals surface area contributed by atoms with Gasteiger partial charge in [-0.05, 0) is 55.3 Å². The second-order valence-corrected chi connectivity index (χ2v) is 5.83. The Bertz CT molecular complexity index is 775. The summed E-state index contributed by atoms with van der Waals surface area (Å²) < 4.78 is 5.05. The van der Waals surface area contributed by atoms with Gasteiger partial charge in [0.25, 0.3) is 0 Å². The summed E-state index contributed by atoms with van der Waals surface area (Å²) in [5, 5.41) is 5.73. The first-order valence-corrected chi connectivity index (χ1v) is 7.77. The van der Waals surface area contributed by atoms with E-state index in [-0.39, 0.29) is 12.3 Å². The summed E-state index contributed by atoms with van der Waals surface area (Å²) in [6.45, 7) is 3.96. The number of aryl methyl sites for hydroxylation is 2. The number of hydrogen-bond donors (Lipinski definition) is 2. The fourth-order valence-electron chi connectivity index (χ4n) is 2.12. The number of amides is 2. The van der Waals surface area contributed by atoms with E-state index in [0.717, 1.165) is 11.1 Å². The summed E-state index contributed by atoms with van der Waals surface area (Å²) in [5.74, 6) is -0.282. The molecule has 2 aromatic rings. The van der Waals surface area contributed by atoms with Crippen LogP contribution in [0.15, 0.2) is 36.4 Å². The number of anilines is 2. The van der Waals surface area contributed by atoms with Crippen molar-refractivity contribution in [3.63, 3.8) is 0 Å². The first-order chi connectivity index (χ1) is 11.4. The van der Waals surface area contributed by atoms with E-state index in [1.165, 1.54) is 7.11 Å². The summed E-state index contributed by atoms with van der Waals surface area (Å²) in [6, 6.07) is 10.5. The summed E-state index contributed by atoms with van der Waals surface area (Å²) >= 11 is 6.00. The summed E-state index contributed by atoms with van der Waals surface area (Å²) in [7, 11) is 1.51. The van der Waals surface area contributed by atoms with E-state index in [9.17, 15) is 9.59 Å². The Hall–Kier alpha value is -2.53. The number of benzene rings is 2. The van der Waals surface area contributed by atoms with Crippen molar-refractivity contribution in [3.8, 4) is 5.75 Å². The standard InChI is InChI=1S/C18H19ClN2O3/c1-11-4-5-13(8-12(11)2)20-17(22)10-18(23)21-14-6-7-16(24-3)15(19)9-14/h4-9H,10H2,1-3H3,(H,20,22)(H,21,23). The van der Waals surface area contributed by atoms with Crippen molar-refractivity contribution < 1.29 is 14.3 Å². The number of halogens is 1. The number of ether oxygens (including phenoxy) is 1. The molecule has 0 spiro atoms. The molecule has 2 aromatic carbocycles. The number of methoxy groups -OCH3 is 1. The van der Waals surface area contributed by atoms with Crippen LogP contribution >= 0.6 is 11.6 Å². The Balaban J connectivity index is 1.92.